The van der Waals surface area contributed by atoms with Crippen LogP contribution in [-0.4, -0.2) is 32.3 Å². The van der Waals surface area contributed by atoms with Crippen LogP contribution in [0.2, 0.25) is 5.15 Å². The zero-order valence-electron chi connectivity index (χ0n) is 8.35. The number of aromatic hydroxyl groups is 1. The van der Waals surface area contributed by atoms with E-state index in [1.165, 1.54) is 12.3 Å². The quantitative estimate of drug-likeness (QED) is 0.633. The minimum atomic E-state index is -0.549. The van der Waals surface area contributed by atoms with Crippen molar-refractivity contribution < 1.29 is 14.6 Å². The summed E-state index contributed by atoms with van der Waals surface area (Å²) in [5.74, 6) is -0.739. The summed E-state index contributed by atoms with van der Waals surface area (Å²) in [4.78, 5) is 15.4. The first-order valence-corrected chi connectivity index (χ1v) is 4.91. The molecule has 7 heteroatoms. The van der Waals surface area contributed by atoms with E-state index in [1.807, 2.05) is 0 Å². The van der Waals surface area contributed by atoms with Crippen molar-refractivity contribution in [2.75, 3.05) is 6.61 Å². The van der Waals surface area contributed by atoms with Crippen molar-refractivity contribution in [2.24, 2.45) is 0 Å². The van der Waals surface area contributed by atoms with Gasteiger partial charge in [0.1, 0.15) is 10.7 Å². The van der Waals surface area contributed by atoms with E-state index in [2.05, 4.69) is 10.1 Å². The molecule has 2 heterocycles. The second kappa shape index (κ2) is 3.97. The first-order chi connectivity index (χ1) is 7.63. The van der Waals surface area contributed by atoms with Crippen LogP contribution in [0.15, 0.2) is 12.3 Å². The van der Waals surface area contributed by atoms with Gasteiger partial charge in [0.05, 0.1) is 12.8 Å². The molecule has 0 aliphatic carbocycles. The predicted octanol–water partition coefficient (Wildman–Crippen LogP) is 1.26. The van der Waals surface area contributed by atoms with Crippen molar-refractivity contribution in [1.82, 2.24) is 14.6 Å². The minimum absolute atomic E-state index is 0.0797. The predicted molar refractivity (Wildman–Crippen MR) is 55.6 cm³/mol. The molecular weight excluding hydrogens is 234 g/mol. The van der Waals surface area contributed by atoms with Gasteiger partial charge in [0.15, 0.2) is 5.65 Å². The Kier molecular flexibility index (Phi) is 2.66. The maximum atomic E-state index is 11.5. The molecule has 0 unspecified atom stereocenters. The molecule has 0 fully saturated rings. The summed E-state index contributed by atoms with van der Waals surface area (Å²) < 4.78 is 5.93. The van der Waals surface area contributed by atoms with Crippen molar-refractivity contribution in [3.05, 3.63) is 23.0 Å². The molecule has 0 amide bonds. The fraction of sp³-hybridized carbons (Fsp3) is 0.222. The standard InChI is InChI=1S/C9H8ClN3O3/c1-2-16-9(15)5-4-11-13-7(14)3-6(10)12-8(5)13/h3-4,14H,2H2,1H3. The van der Waals surface area contributed by atoms with Crippen LogP contribution < -0.4 is 0 Å². The number of ether oxygens (including phenoxy) is 1. The first-order valence-electron chi connectivity index (χ1n) is 4.54. The fourth-order valence-electron chi connectivity index (χ4n) is 1.27. The van der Waals surface area contributed by atoms with Crippen molar-refractivity contribution in [3.8, 4) is 5.88 Å². The SMILES string of the molecule is CCOC(=O)c1cnn2c(O)cc(Cl)nc12. The van der Waals surface area contributed by atoms with Gasteiger partial charge in [0.2, 0.25) is 5.88 Å². The molecular formula is C9H8ClN3O3. The Morgan fingerprint density at radius 2 is 2.44 bits per heavy atom. The third kappa shape index (κ3) is 1.67. The molecule has 84 valence electrons. The largest absolute Gasteiger partial charge is 0.493 e. The van der Waals surface area contributed by atoms with E-state index in [9.17, 15) is 9.90 Å². The lowest BCUT2D eigenvalue weighted by atomic mass is 10.3. The number of nitrogens with zero attached hydrogens (tertiary/aromatic N) is 3. The maximum Gasteiger partial charge on any atom is 0.343 e. The lowest BCUT2D eigenvalue weighted by molar-refractivity contribution is 0.0528. The number of rotatable bonds is 2. The van der Waals surface area contributed by atoms with Crippen LogP contribution >= 0.6 is 11.6 Å². The number of aromatic nitrogens is 3. The topological polar surface area (TPSA) is 76.7 Å². The van der Waals surface area contributed by atoms with Gasteiger partial charge in [-0.2, -0.15) is 9.61 Å². The van der Waals surface area contributed by atoms with Crippen LogP contribution in [0.4, 0.5) is 0 Å². The summed E-state index contributed by atoms with van der Waals surface area (Å²) in [5, 5.41) is 13.4. The highest BCUT2D eigenvalue weighted by Gasteiger charge is 2.17. The Morgan fingerprint density at radius 1 is 1.69 bits per heavy atom. The average molecular weight is 242 g/mol. The molecule has 0 saturated carbocycles. The molecule has 1 N–H and O–H groups in total. The molecule has 0 aromatic carbocycles. The van der Waals surface area contributed by atoms with Gasteiger partial charge < -0.3 is 9.84 Å². The molecule has 0 radical (unpaired) electrons. The van der Waals surface area contributed by atoms with Crippen LogP contribution in [0, 0.1) is 0 Å². The number of carbonyl (C=O) groups excluding carboxylic acids is 1. The van der Waals surface area contributed by atoms with Crippen molar-refractivity contribution in [3.63, 3.8) is 0 Å². The maximum absolute atomic E-state index is 11.5. The molecule has 0 bridgehead atoms. The second-order valence-corrected chi connectivity index (χ2v) is 3.34. The number of hydrogen-bond acceptors (Lipinski definition) is 5. The Bertz CT molecular complexity index is 552. The highest BCUT2D eigenvalue weighted by atomic mass is 35.5. The summed E-state index contributed by atoms with van der Waals surface area (Å²) >= 11 is 5.67. The van der Waals surface area contributed by atoms with Crippen LogP contribution in [-0.2, 0) is 4.74 Å². The molecule has 2 aromatic rings. The lowest BCUT2D eigenvalue weighted by Gasteiger charge is -2.00. The summed E-state index contributed by atoms with van der Waals surface area (Å²) in [5.41, 5.74) is 0.336. The van der Waals surface area contributed by atoms with Crippen LogP contribution in [0.5, 0.6) is 5.88 Å². The van der Waals surface area contributed by atoms with Gasteiger partial charge in [0, 0.05) is 6.07 Å². The van der Waals surface area contributed by atoms with E-state index in [-0.39, 0.29) is 28.9 Å². The zero-order valence-corrected chi connectivity index (χ0v) is 9.10. The van der Waals surface area contributed by atoms with E-state index in [0.29, 0.717) is 0 Å². The van der Waals surface area contributed by atoms with E-state index in [4.69, 9.17) is 16.3 Å². The summed E-state index contributed by atoms with van der Waals surface area (Å²) in [6.45, 7) is 1.95. The highest BCUT2D eigenvalue weighted by molar-refractivity contribution is 6.29. The van der Waals surface area contributed by atoms with Gasteiger partial charge in [-0.1, -0.05) is 11.6 Å². The Labute approximate surface area is 95.4 Å². The normalized spacial score (nSPS) is 10.6. The van der Waals surface area contributed by atoms with Crippen LogP contribution in [0.1, 0.15) is 17.3 Å². The number of hydrogen-bond donors (Lipinski definition) is 1. The fourth-order valence-corrected chi connectivity index (χ4v) is 1.45. The van der Waals surface area contributed by atoms with Crippen molar-refractivity contribution >= 4 is 23.2 Å². The summed E-state index contributed by atoms with van der Waals surface area (Å²) in [6.07, 6.45) is 1.27. The van der Waals surface area contributed by atoms with Crippen LogP contribution in [0.3, 0.4) is 0 Å². The molecule has 0 saturated heterocycles. The van der Waals surface area contributed by atoms with E-state index < -0.39 is 5.97 Å². The zero-order chi connectivity index (χ0) is 11.7. The minimum Gasteiger partial charge on any atom is -0.493 e. The first kappa shape index (κ1) is 10.7. The molecule has 16 heavy (non-hydrogen) atoms. The molecule has 6 nitrogen and oxygen atoms in total. The van der Waals surface area contributed by atoms with Crippen molar-refractivity contribution in [2.45, 2.75) is 6.92 Å². The monoisotopic (exact) mass is 241 g/mol. The number of halogens is 1. The van der Waals surface area contributed by atoms with Gasteiger partial charge in [-0.05, 0) is 6.92 Å². The van der Waals surface area contributed by atoms with Gasteiger partial charge in [0.25, 0.3) is 0 Å². The van der Waals surface area contributed by atoms with Gasteiger partial charge in [-0.25, -0.2) is 9.78 Å². The average Bonchev–Trinajstić information content (AvgIpc) is 2.61. The van der Waals surface area contributed by atoms with E-state index in [1.54, 1.807) is 6.92 Å². The van der Waals surface area contributed by atoms with E-state index in [0.717, 1.165) is 4.52 Å². The Hall–Kier alpha value is -1.82. The molecule has 2 rings (SSSR count). The third-order valence-corrected chi connectivity index (χ3v) is 2.11. The van der Waals surface area contributed by atoms with Crippen LogP contribution in [0.25, 0.3) is 5.65 Å². The molecule has 0 atom stereocenters. The smallest absolute Gasteiger partial charge is 0.343 e. The molecule has 0 spiro atoms. The van der Waals surface area contributed by atoms with Gasteiger partial charge in [-0.3, -0.25) is 0 Å². The van der Waals surface area contributed by atoms with Gasteiger partial charge in [-0.15, -0.1) is 0 Å². The summed E-state index contributed by atoms with van der Waals surface area (Å²) in [7, 11) is 0. The van der Waals surface area contributed by atoms with E-state index >= 15 is 0 Å². The van der Waals surface area contributed by atoms with Crippen molar-refractivity contribution in [1.29, 1.82) is 0 Å². The molecule has 0 aliphatic rings. The third-order valence-electron chi connectivity index (χ3n) is 1.92. The number of esters is 1. The number of fused-ring (bicyclic) bond motifs is 1. The Morgan fingerprint density at radius 3 is 3.12 bits per heavy atom. The molecule has 2 aromatic heterocycles. The Balaban J connectivity index is 2.60. The highest BCUT2D eigenvalue weighted by Crippen LogP contribution is 2.19. The lowest BCUT2D eigenvalue weighted by Crippen LogP contribution is -2.05. The van der Waals surface area contributed by atoms with Gasteiger partial charge >= 0.3 is 5.97 Å². The summed E-state index contributed by atoms with van der Waals surface area (Å²) in [6, 6.07) is 1.23. The second-order valence-electron chi connectivity index (χ2n) is 2.95. The number of carbonyl (C=O) groups is 1. The molecule has 0 aliphatic heterocycles.